The number of hydrogen-bond donors (Lipinski definition) is 2. The van der Waals surface area contributed by atoms with Crippen LogP contribution in [0.5, 0.6) is 11.5 Å². The molecule has 24 heavy (non-hydrogen) atoms. The molecule has 0 saturated heterocycles. The lowest BCUT2D eigenvalue weighted by atomic mass is 10.2. The Kier molecular flexibility index (Phi) is 5.91. The lowest BCUT2D eigenvalue weighted by Crippen LogP contribution is -2.34. The summed E-state index contributed by atoms with van der Waals surface area (Å²) in [6, 6.07) is 11.1. The lowest BCUT2D eigenvalue weighted by molar-refractivity contribution is -0.385. The predicted molar refractivity (Wildman–Crippen MR) is 91.8 cm³/mol. The van der Waals surface area contributed by atoms with E-state index in [9.17, 15) is 15.2 Å². The van der Waals surface area contributed by atoms with Crippen LogP contribution in [0.15, 0.2) is 42.5 Å². The second kappa shape index (κ2) is 8.11. The van der Waals surface area contributed by atoms with Crippen LogP contribution >= 0.6 is 12.2 Å². The zero-order valence-corrected chi connectivity index (χ0v) is 13.8. The van der Waals surface area contributed by atoms with Crippen LogP contribution in [0.25, 0.3) is 0 Å². The van der Waals surface area contributed by atoms with Gasteiger partial charge in [0.15, 0.2) is 5.11 Å². The highest BCUT2D eigenvalue weighted by atomic mass is 32.1. The van der Waals surface area contributed by atoms with Gasteiger partial charge in [-0.3, -0.25) is 10.1 Å². The normalized spacial score (nSPS) is 10.0. The van der Waals surface area contributed by atoms with Crippen LogP contribution in [0.2, 0.25) is 0 Å². The number of nitrogens with one attached hydrogen (secondary N) is 2. The van der Waals surface area contributed by atoms with E-state index in [1.807, 2.05) is 24.3 Å². The predicted octanol–water partition coefficient (Wildman–Crippen LogP) is 1.84. The number of nitro groups is 1. The Morgan fingerprint density at radius 1 is 1.17 bits per heavy atom. The number of hydrogen-bond acceptors (Lipinski definition) is 5. The van der Waals surface area contributed by atoms with Gasteiger partial charge in [-0.2, -0.15) is 0 Å². The molecule has 0 aromatic heterocycles. The number of nitro benzene ring substituents is 1. The summed E-state index contributed by atoms with van der Waals surface area (Å²) in [6.45, 7) is 0.629. The third-order valence-corrected chi connectivity index (χ3v) is 3.60. The average molecular weight is 346 g/mol. The summed E-state index contributed by atoms with van der Waals surface area (Å²) in [6.07, 6.45) is 0. The van der Waals surface area contributed by atoms with Crippen LogP contribution < -0.4 is 20.5 Å². The lowest BCUT2D eigenvalue weighted by Gasteiger charge is -2.15. The molecule has 2 N–H and O–H groups in total. The second-order valence-corrected chi connectivity index (χ2v) is 5.34. The molecule has 0 atom stereocenters. The number of rotatable bonds is 6. The van der Waals surface area contributed by atoms with E-state index in [-0.39, 0.29) is 23.5 Å². The van der Waals surface area contributed by atoms with Crippen molar-refractivity contribution in [1.29, 1.82) is 0 Å². The number of nitrogens with zero attached hydrogens (tertiary/aromatic N) is 1. The second-order valence-electron chi connectivity index (χ2n) is 4.93. The van der Waals surface area contributed by atoms with Crippen molar-refractivity contribution in [3.8, 4) is 11.5 Å². The SMILES string of the molecule is COc1ccc(CNC(=S)NCc2cc([N+](=O)[O-])ccc2[O-])cc1. The minimum atomic E-state index is -0.539. The smallest absolute Gasteiger partial charge is 0.269 e. The van der Waals surface area contributed by atoms with Gasteiger partial charge in [-0.25, -0.2) is 0 Å². The topological polar surface area (TPSA) is 99.5 Å². The Balaban J connectivity index is 1.86. The van der Waals surface area contributed by atoms with Crippen molar-refractivity contribution >= 4 is 23.0 Å². The highest BCUT2D eigenvalue weighted by Gasteiger charge is 2.07. The summed E-state index contributed by atoms with van der Waals surface area (Å²) in [5.74, 6) is 0.499. The van der Waals surface area contributed by atoms with Crippen LogP contribution in [0.1, 0.15) is 11.1 Å². The Morgan fingerprint density at radius 2 is 1.83 bits per heavy atom. The van der Waals surface area contributed by atoms with Gasteiger partial charge in [0.25, 0.3) is 5.69 Å². The van der Waals surface area contributed by atoms with Crippen molar-refractivity contribution in [2.45, 2.75) is 13.1 Å². The van der Waals surface area contributed by atoms with Crippen molar-refractivity contribution in [2.75, 3.05) is 7.11 Å². The molecule has 2 aromatic carbocycles. The maximum Gasteiger partial charge on any atom is 0.269 e. The standard InChI is InChI=1S/C16H17N3O4S/c1-23-14-5-2-11(3-6-14)9-17-16(24)18-10-12-8-13(19(21)22)4-7-15(12)20/h2-8,20H,9-10H2,1H3,(H2,17,18,24)/p-1. The summed E-state index contributed by atoms with van der Waals surface area (Å²) in [5, 5.41) is 28.7. The molecule has 0 radical (unpaired) electrons. The minimum Gasteiger partial charge on any atom is -0.872 e. The Bertz CT molecular complexity index is 735. The number of non-ortho nitro benzene ring substituents is 1. The molecule has 0 amide bonds. The molecular weight excluding hydrogens is 330 g/mol. The van der Waals surface area contributed by atoms with E-state index < -0.39 is 4.92 Å². The molecule has 0 aliphatic rings. The molecule has 126 valence electrons. The first-order valence-electron chi connectivity index (χ1n) is 7.08. The molecular formula is C16H16N3O4S-. The molecule has 0 spiro atoms. The van der Waals surface area contributed by atoms with Gasteiger partial charge in [-0.15, -0.1) is 5.75 Å². The van der Waals surface area contributed by atoms with E-state index in [2.05, 4.69) is 10.6 Å². The third-order valence-electron chi connectivity index (χ3n) is 3.31. The monoisotopic (exact) mass is 346 g/mol. The molecule has 0 aliphatic carbocycles. The van der Waals surface area contributed by atoms with Crippen LogP contribution in [0, 0.1) is 10.1 Å². The van der Waals surface area contributed by atoms with Crippen molar-refractivity contribution in [1.82, 2.24) is 10.6 Å². The van der Waals surface area contributed by atoms with Gasteiger partial charge in [0, 0.05) is 25.2 Å². The zero-order valence-electron chi connectivity index (χ0n) is 12.9. The van der Waals surface area contributed by atoms with Gasteiger partial charge in [0.1, 0.15) is 5.75 Å². The molecule has 0 saturated carbocycles. The fourth-order valence-corrected chi connectivity index (χ4v) is 2.13. The first-order valence-corrected chi connectivity index (χ1v) is 7.49. The van der Waals surface area contributed by atoms with E-state index in [4.69, 9.17) is 17.0 Å². The molecule has 0 unspecified atom stereocenters. The van der Waals surface area contributed by atoms with Crippen LogP contribution in [0.4, 0.5) is 5.69 Å². The summed E-state index contributed by atoms with van der Waals surface area (Å²) >= 11 is 5.15. The maximum atomic E-state index is 11.7. The number of methoxy groups -OCH3 is 1. The zero-order chi connectivity index (χ0) is 17.5. The first kappa shape index (κ1) is 17.5. The van der Waals surface area contributed by atoms with E-state index in [0.717, 1.165) is 11.3 Å². The van der Waals surface area contributed by atoms with Gasteiger partial charge in [-0.1, -0.05) is 18.2 Å². The number of thiocarbonyl (C=S) groups is 1. The Hall–Kier alpha value is -2.87. The molecule has 0 aliphatic heterocycles. The van der Waals surface area contributed by atoms with Gasteiger partial charge in [0.05, 0.1) is 12.0 Å². The van der Waals surface area contributed by atoms with Crippen molar-refractivity contribution in [2.24, 2.45) is 0 Å². The summed E-state index contributed by atoms with van der Waals surface area (Å²) in [7, 11) is 1.60. The molecule has 0 heterocycles. The number of benzene rings is 2. The average Bonchev–Trinajstić information content (AvgIpc) is 2.59. The quantitative estimate of drug-likeness (QED) is 0.468. The van der Waals surface area contributed by atoms with Gasteiger partial charge < -0.3 is 20.5 Å². The highest BCUT2D eigenvalue weighted by Crippen LogP contribution is 2.20. The van der Waals surface area contributed by atoms with E-state index >= 15 is 0 Å². The third kappa shape index (κ3) is 4.82. The van der Waals surface area contributed by atoms with E-state index in [1.54, 1.807) is 7.11 Å². The van der Waals surface area contributed by atoms with Crippen LogP contribution in [-0.2, 0) is 13.1 Å². The molecule has 8 heteroatoms. The highest BCUT2D eigenvalue weighted by molar-refractivity contribution is 7.80. The van der Waals surface area contributed by atoms with Gasteiger partial charge >= 0.3 is 0 Å². The van der Waals surface area contributed by atoms with Crippen LogP contribution in [0.3, 0.4) is 0 Å². The molecule has 7 nitrogen and oxygen atoms in total. The minimum absolute atomic E-state index is 0.120. The Labute approximate surface area is 144 Å². The van der Waals surface area contributed by atoms with Gasteiger partial charge in [-0.05, 0) is 35.5 Å². The molecule has 2 aromatic rings. The fourth-order valence-electron chi connectivity index (χ4n) is 1.98. The van der Waals surface area contributed by atoms with Crippen molar-refractivity contribution in [3.63, 3.8) is 0 Å². The van der Waals surface area contributed by atoms with Crippen molar-refractivity contribution in [3.05, 3.63) is 63.7 Å². The Morgan fingerprint density at radius 3 is 2.46 bits per heavy atom. The summed E-state index contributed by atoms with van der Waals surface area (Å²) in [5.41, 5.74) is 1.18. The van der Waals surface area contributed by atoms with E-state index in [1.165, 1.54) is 18.2 Å². The molecule has 0 fully saturated rings. The summed E-state index contributed by atoms with van der Waals surface area (Å²) < 4.78 is 5.08. The largest absolute Gasteiger partial charge is 0.872 e. The summed E-state index contributed by atoms with van der Waals surface area (Å²) in [4.78, 5) is 10.2. The van der Waals surface area contributed by atoms with Crippen LogP contribution in [-0.4, -0.2) is 17.1 Å². The van der Waals surface area contributed by atoms with E-state index in [0.29, 0.717) is 11.7 Å². The molecule has 0 bridgehead atoms. The molecule has 2 rings (SSSR count). The number of ether oxygens (including phenoxy) is 1. The first-order chi connectivity index (χ1) is 11.5. The fraction of sp³-hybridized carbons (Fsp3) is 0.188. The maximum absolute atomic E-state index is 11.7. The van der Waals surface area contributed by atoms with Gasteiger partial charge in [0.2, 0.25) is 0 Å². The van der Waals surface area contributed by atoms with Crippen molar-refractivity contribution < 1.29 is 14.8 Å².